The van der Waals surface area contributed by atoms with Gasteiger partial charge in [0.2, 0.25) is 0 Å². The normalized spacial score (nSPS) is 11.2. The van der Waals surface area contributed by atoms with Crippen LogP contribution in [0.25, 0.3) is 12.2 Å². The smallest absolute Gasteiger partial charge is 0.282 e. The molecule has 0 atom stereocenters. The second-order valence-electron chi connectivity index (χ2n) is 5.13. The van der Waals surface area contributed by atoms with Crippen molar-refractivity contribution in [3.8, 4) is 0 Å². The Hall–Kier alpha value is -1.40. The Labute approximate surface area is 199 Å². The molecule has 2 rings (SSSR count). The predicted molar refractivity (Wildman–Crippen MR) is 111 cm³/mol. The molecule has 0 aliphatic heterocycles. The fraction of sp³-hybridized carbons (Fsp3) is 0. The van der Waals surface area contributed by atoms with Crippen LogP contribution in [-0.4, -0.2) is 36.3 Å². The molecule has 0 fully saturated rings. The molecule has 0 saturated heterocycles. The van der Waals surface area contributed by atoms with E-state index in [9.17, 15) is 25.9 Å². The minimum Gasteiger partial charge on any atom is -0.282 e. The first-order chi connectivity index (χ1) is 13.1. The molecule has 0 aliphatic rings. The average Bonchev–Trinajstić information content (AvgIpc) is 2.60. The van der Waals surface area contributed by atoms with Crippen LogP contribution in [0.3, 0.4) is 0 Å². The Bertz CT molecular complexity index is 1180. The molecule has 144 valence electrons. The number of nitrogens with zero attached hydrogens (tertiary/aromatic N) is 2. The first kappa shape index (κ1) is 25.6. The van der Waals surface area contributed by atoms with Crippen LogP contribution in [0.2, 0.25) is 0 Å². The maximum absolute atomic E-state index is 11.6. The van der Waals surface area contributed by atoms with Gasteiger partial charge >= 0.3 is 29.6 Å². The van der Waals surface area contributed by atoms with Gasteiger partial charge in [-0.05, 0) is 59.8 Å². The number of aliphatic imine (C=N–C) groups is 2. The van der Waals surface area contributed by atoms with Crippen molar-refractivity contribution in [3.63, 3.8) is 0 Å². The van der Waals surface area contributed by atoms with Crippen molar-refractivity contribution in [1.82, 2.24) is 0 Å². The van der Waals surface area contributed by atoms with E-state index in [0.717, 1.165) is 12.1 Å². The summed E-state index contributed by atoms with van der Waals surface area (Å²) >= 11 is 8.91. The van der Waals surface area contributed by atoms with E-state index in [4.69, 9.17) is 0 Å². The van der Waals surface area contributed by atoms with Crippen LogP contribution in [0.15, 0.2) is 56.2 Å². The standard InChI is InChI=1S/C16H10N2O6S4.Na/c19-27(20,21)15-7-13(17-9-25)5-3-11(15)1-2-12-4-6-14(18-10-26)8-16(12)28(22,23)24;/h1-8H,(H,19,20,21)(H,22,23,24);/q;+1. The monoisotopic (exact) mass is 477 g/mol. The maximum Gasteiger partial charge on any atom is 1.00 e. The van der Waals surface area contributed by atoms with Crippen molar-refractivity contribution in [1.29, 1.82) is 0 Å². The van der Waals surface area contributed by atoms with Crippen LogP contribution >= 0.6 is 24.4 Å². The summed E-state index contributed by atoms with van der Waals surface area (Å²) < 4.78 is 65.4. The molecule has 0 aromatic heterocycles. The molecule has 0 radical (unpaired) electrons. The van der Waals surface area contributed by atoms with Gasteiger partial charge in [0.15, 0.2) is 0 Å². The summed E-state index contributed by atoms with van der Waals surface area (Å²) in [6, 6.07) is 7.68. The predicted octanol–water partition coefficient (Wildman–Crippen LogP) is 0.823. The Morgan fingerprint density at radius 1 is 0.759 bits per heavy atom. The van der Waals surface area contributed by atoms with E-state index in [2.05, 4.69) is 44.7 Å². The summed E-state index contributed by atoms with van der Waals surface area (Å²) in [5.74, 6) is 0. The second kappa shape index (κ2) is 10.6. The largest absolute Gasteiger partial charge is 1.00 e. The van der Waals surface area contributed by atoms with E-state index >= 15 is 0 Å². The summed E-state index contributed by atoms with van der Waals surface area (Å²) in [5.41, 5.74) is 0.405. The van der Waals surface area contributed by atoms with Gasteiger partial charge in [0.1, 0.15) is 9.79 Å². The Morgan fingerprint density at radius 2 is 1.10 bits per heavy atom. The van der Waals surface area contributed by atoms with Crippen molar-refractivity contribution in [2.75, 3.05) is 0 Å². The number of benzene rings is 2. The molecule has 0 amide bonds. The number of hydrogen-bond acceptors (Lipinski definition) is 8. The molecule has 8 nitrogen and oxygen atoms in total. The first-order valence-corrected chi connectivity index (χ1v) is 10.8. The van der Waals surface area contributed by atoms with Gasteiger partial charge in [0.05, 0.1) is 21.7 Å². The van der Waals surface area contributed by atoms with E-state index < -0.39 is 30.0 Å². The SMILES string of the molecule is O=S(=O)(O)c1cc(N=C=S)ccc1C=Cc1ccc(N=C=S)cc1S(=O)(=O)O.[Na+]. The van der Waals surface area contributed by atoms with Gasteiger partial charge in [0, 0.05) is 0 Å². The van der Waals surface area contributed by atoms with E-state index in [0.29, 0.717) is 0 Å². The number of rotatable bonds is 6. The summed E-state index contributed by atoms with van der Waals surface area (Å²) in [7, 11) is -9.21. The second-order valence-corrected chi connectivity index (χ2v) is 8.28. The maximum atomic E-state index is 11.6. The van der Waals surface area contributed by atoms with Crippen molar-refractivity contribution in [2.24, 2.45) is 9.98 Å². The quantitative estimate of drug-likeness (QED) is 0.205. The Balaban J connectivity index is 0.00000420. The average molecular weight is 478 g/mol. The molecule has 29 heavy (non-hydrogen) atoms. The van der Waals surface area contributed by atoms with Crippen LogP contribution in [0.5, 0.6) is 0 Å². The van der Waals surface area contributed by atoms with Gasteiger partial charge < -0.3 is 0 Å². The zero-order valence-electron chi connectivity index (χ0n) is 14.7. The molecule has 2 aromatic carbocycles. The third-order valence-electron chi connectivity index (χ3n) is 3.34. The van der Waals surface area contributed by atoms with Crippen molar-refractivity contribution >= 4 is 78.5 Å². The molecule has 0 spiro atoms. The fourth-order valence-corrected chi connectivity index (χ4v) is 3.81. The molecule has 0 heterocycles. The molecule has 0 unspecified atom stereocenters. The van der Waals surface area contributed by atoms with Crippen LogP contribution in [0.1, 0.15) is 11.1 Å². The summed E-state index contributed by atoms with van der Waals surface area (Å²) in [4.78, 5) is 6.35. The molecule has 2 N–H and O–H groups in total. The molecule has 0 aliphatic carbocycles. The third kappa shape index (κ3) is 7.10. The van der Waals surface area contributed by atoms with Crippen molar-refractivity contribution in [3.05, 3.63) is 47.5 Å². The van der Waals surface area contributed by atoms with Crippen molar-refractivity contribution < 1.29 is 55.5 Å². The summed E-state index contributed by atoms with van der Waals surface area (Å²) in [6.07, 6.45) is 2.50. The summed E-state index contributed by atoms with van der Waals surface area (Å²) in [6.45, 7) is 0. The van der Waals surface area contributed by atoms with E-state index in [1.54, 1.807) is 0 Å². The van der Waals surface area contributed by atoms with E-state index in [-0.39, 0.29) is 52.1 Å². The molecule has 0 saturated carbocycles. The van der Waals surface area contributed by atoms with Gasteiger partial charge in [-0.15, -0.1) is 0 Å². The van der Waals surface area contributed by atoms with Crippen LogP contribution < -0.4 is 29.6 Å². The number of isothiocyanates is 2. The van der Waals surface area contributed by atoms with Gasteiger partial charge in [-0.25, -0.2) is 0 Å². The topological polar surface area (TPSA) is 133 Å². The zero-order valence-corrected chi connectivity index (χ0v) is 19.9. The van der Waals surface area contributed by atoms with Crippen LogP contribution in [0, 0.1) is 0 Å². The van der Waals surface area contributed by atoms with E-state index in [1.807, 2.05) is 0 Å². The van der Waals surface area contributed by atoms with Crippen molar-refractivity contribution in [2.45, 2.75) is 9.79 Å². The zero-order chi connectivity index (χ0) is 20.9. The minimum atomic E-state index is -4.61. The Kier molecular flexibility index (Phi) is 9.35. The number of hydrogen-bond donors (Lipinski definition) is 2. The van der Waals surface area contributed by atoms with Crippen LogP contribution in [0.4, 0.5) is 11.4 Å². The Morgan fingerprint density at radius 3 is 1.38 bits per heavy atom. The minimum absolute atomic E-state index is 0. The first-order valence-electron chi connectivity index (χ1n) is 7.13. The van der Waals surface area contributed by atoms with Gasteiger partial charge in [0.25, 0.3) is 20.2 Å². The molecular formula is C16H10N2NaO6S4+. The van der Waals surface area contributed by atoms with Crippen LogP contribution in [-0.2, 0) is 20.2 Å². The van der Waals surface area contributed by atoms with Gasteiger partial charge in [-0.2, -0.15) is 26.8 Å². The fourth-order valence-electron chi connectivity index (χ4n) is 2.19. The third-order valence-corrected chi connectivity index (χ3v) is 5.34. The molecule has 13 heteroatoms. The van der Waals surface area contributed by atoms with Gasteiger partial charge in [-0.3, -0.25) is 9.11 Å². The summed E-state index contributed by atoms with van der Waals surface area (Å²) in [5, 5.41) is 4.16. The van der Waals surface area contributed by atoms with E-state index in [1.165, 1.54) is 36.4 Å². The number of thiocarbonyl (C=S) groups is 2. The molecule has 0 bridgehead atoms. The molecule has 2 aromatic rings. The molecular weight excluding hydrogens is 467 g/mol. The van der Waals surface area contributed by atoms with Gasteiger partial charge in [-0.1, -0.05) is 24.3 Å².